The van der Waals surface area contributed by atoms with E-state index in [2.05, 4.69) is 110 Å². The molecule has 0 aliphatic heterocycles. The molecule has 0 aliphatic carbocycles. The van der Waals surface area contributed by atoms with Crippen LogP contribution in [0.1, 0.15) is 33.4 Å². The molecule has 1 heterocycles. The fraction of sp³-hybridized carbons (Fsp3) is 0.321. The molecule has 0 spiro atoms. The van der Waals surface area contributed by atoms with Gasteiger partial charge in [0.2, 0.25) is 0 Å². The summed E-state index contributed by atoms with van der Waals surface area (Å²) >= 11 is 3.57. The normalized spacial score (nSPS) is 13.4. The molecule has 6 heteroatoms. The Morgan fingerprint density at radius 2 is 1.56 bits per heavy atom. The number of rotatable bonds is 8. The van der Waals surface area contributed by atoms with Crippen molar-refractivity contribution < 1.29 is 9.53 Å². The molecule has 0 fully saturated rings. The van der Waals surface area contributed by atoms with Gasteiger partial charge in [-0.25, -0.2) is 0 Å². The lowest BCUT2D eigenvalue weighted by molar-refractivity contribution is 0.227. The maximum atomic E-state index is 9.80. The number of aliphatic hydroxyl groups excluding tert-OH is 1. The molecule has 0 saturated heterocycles. The number of hydrogen-bond donors (Lipinski definition) is 1. The van der Waals surface area contributed by atoms with Crippen LogP contribution in [-0.2, 0) is 17.6 Å². The second-order valence-electron chi connectivity index (χ2n) is 10.0. The maximum absolute atomic E-state index is 9.80. The van der Waals surface area contributed by atoms with Gasteiger partial charge in [0.25, 0.3) is 8.32 Å². The zero-order valence-corrected chi connectivity index (χ0v) is 22.9. The highest BCUT2D eigenvalue weighted by Gasteiger charge is 2.50. The maximum Gasteiger partial charge on any atom is 0.261 e. The number of halogens is 1. The Morgan fingerprint density at radius 1 is 0.971 bits per heavy atom. The van der Waals surface area contributed by atoms with Crippen LogP contribution >= 0.6 is 15.9 Å². The van der Waals surface area contributed by atoms with Crippen molar-refractivity contribution in [2.75, 3.05) is 6.61 Å². The van der Waals surface area contributed by atoms with E-state index in [1.165, 1.54) is 10.4 Å². The van der Waals surface area contributed by atoms with Crippen molar-refractivity contribution in [3.05, 3.63) is 89.0 Å². The fourth-order valence-corrected chi connectivity index (χ4v) is 9.89. The van der Waals surface area contributed by atoms with Crippen molar-refractivity contribution in [3.63, 3.8) is 0 Å². The Balaban J connectivity index is 1.66. The highest BCUT2D eigenvalue weighted by Crippen LogP contribution is 2.37. The molecule has 3 aromatic carbocycles. The summed E-state index contributed by atoms with van der Waals surface area (Å²) in [5.41, 5.74) is 1.73. The fourth-order valence-electron chi connectivity index (χ4n) is 4.85. The van der Waals surface area contributed by atoms with Crippen LogP contribution in [0.3, 0.4) is 0 Å². The lowest BCUT2D eigenvalue weighted by Gasteiger charge is -2.43. The van der Waals surface area contributed by atoms with E-state index >= 15 is 0 Å². The third kappa shape index (κ3) is 4.78. The van der Waals surface area contributed by atoms with Crippen molar-refractivity contribution in [2.24, 2.45) is 5.92 Å². The molecular weight excluding hydrogens is 504 g/mol. The molecule has 0 saturated carbocycles. The number of hydrogen-bond acceptors (Lipinski definition) is 3. The van der Waals surface area contributed by atoms with E-state index < -0.39 is 8.32 Å². The second kappa shape index (κ2) is 10.2. The highest BCUT2D eigenvalue weighted by molar-refractivity contribution is 9.10. The van der Waals surface area contributed by atoms with Crippen molar-refractivity contribution in [1.82, 2.24) is 9.78 Å². The zero-order valence-electron chi connectivity index (χ0n) is 20.3. The SMILES string of the molecule is CC(CO[Si](c1ccccc1)(c1ccccc1)C(C)(C)C)Cn1nc(CO)c2ccc(Br)cc21. The summed E-state index contributed by atoms with van der Waals surface area (Å²) in [6.07, 6.45) is 0. The van der Waals surface area contributed by atoms with E-state index in [1.54, 1.807) is 0 Å². The van der Waals surface area contributed by atoms with Crippen molar-refractivity contribution >= 4 is 45.5 Å². The summed E-state index contributed by atoms with van der Waals surface area (Å²) < 4.78 is 10.1. The quantitative estimate of drug-likeness (QED) is 0.302. The molecule has 0 aliphatic rings. The Hall–Kier alpha value is -2.25. The Labute approximate surface area is 211 Å². The van der Waals surface area contributed by atoms with Crippen LogP contribution in [0.15, 0.2) is 83.3 Å². The average Bonchev–Trinajstić information content (AvgIpc) is 3.16. The Bertz CT molecular complexity index is 1200. The number of aromatic nitrogens is 2. The molecule has 1 N–H and O–H groups in total. The van der Waals surface area contributed by atoms with Gasteiger partial charge in [-0.05, 0) is 39.5 Å². The number of fused-ring (bicyclic) bond motifs is 1. The molecule has 1 aromatic heterocycles. The standard InChI is InChI=1S/C28H33BrN2O2Si/c1-21(18-31-27-17-22(29)15-16-25(27)26(19-32)30-31)20-33-34(28(2,3)4,23-11-7-5-8-12-23)24-13-9-6-10-14-24/h5-17,21,32H,18-20H2,1-4H3. The Kier molecular flexibility index (Phi) is 7.43. The predicted octanol–water partition coefficient (Wildman–Crippen LogP) is 5.50. The first-order valence-corrected chi connectivity index (χ1v) is 14.5. The molecule has 0 radical (unpaired) electrons. The van der Waals surface area contributed by atoms with E-state index in [0.717, 1.165) is 15.4 Å². The highest BCUT2D eigenvalue weighted by atomic mass is 79.9. The molecule has 1 unspecified atom stereocenters. The van der Waals surface area contributed by atoms with E-state index in [1.807, 2.05) is 16.8 Å². The van der Waals surface area contributed by atoms with E-state index in [-0.39, 0.29) is 17.6 Å². The largest absolute Gasteiger partial charge is 0.407 e. The van der Waals surface area contributed by atoms with Crippen LogP contribution in [0.4, 0.5) is 0 Å². The summed E-state index contributed by atoms with van der Waals surface area (Å²) in [6.45, 7) is 10.4. The summed E-state index contributed by atoms with van der Waals surface area (Å²) in [5.74, 6) is 0.232. The number of aliphatic hydroxyl groups is 1. The monoisotopic (exact) mass is 536 g/mol. The molecule has 34 heavy (non-hydrogen) atoms. The summed E-state index contributed by atoms with van der Waals surface area (Å²) in [6, 6.07) is 27.6. The minimum Gasteiger partial charge on any atom is -0.407 e. The van der Waals surface area contributed by atoms with Gasteiger partial charge in [-0.15, -0.1) is 0 Å². The van der Waals surface area contributed by atoms with Gasteiger partial charge in [-0.3, -0.25) is 4.68 Å². The van der Waals surface area contributed by atoms with Gasteiger partial charge in [0.05, 0.1) is 17.8 Å². The number of nitrogens with zero attached hydrogens (tertiary/aromatic N) is 2. The van der Waals surface area contributed by atoms with Gasteiger partial charge in [0.1, 0.15) is 0 Å². The van der Waals surface area contributed by atoms with Gasteiger partial charge in [0, 0.05) is 23.0 Å². The molecule has 1 atom stereocenters. The minimum absolute atomic E-state index is 0.0528. The van der Waals surface area contributed by atoms with Crippen LogP contribution in [0.2, 0.25) is 5.04 Å². The van der Waals surface area contributed by atoms with Crippen LogP contribution in [0, 0.1) is 5.92 Å². The minimum atomic E-state index is -2.57. The average molecular weight is 538 g/mol. The zero-order chi connectivity index (χ0) is 24.3. The van der Waals surface area contributed by atoms with Gasteiger partial charge in [-0.1, -0.05) is 104 Å². The first-order valence-electron chi connectivity index (χ1n) is 11.8. The summed E-state index contributed by atoms with van der Waals surface area (Å²) in [5, 5.41) is 18.0. The van der Waals surface area contributed by atoms with E-state index in [9.17, 15) is 5.11 Å². The second-order valence-corrected chi connectivity index (χ2v) is 15.2. The van der Waals surface area contributed by atoms with Crippen molar-refractivity contribution in [1.29, 1.82) is 0 Å². The third-order valence-corrected chi connectivity index (χ3v) is 11.9. The molecular formula is C28H33BrN2O2Si. The van der Waals surface area contributed by atoms with Crippen LogP contribution in [0.5, 0.6) is 0 Å². The summed E-state index contributed by atoms with van der Waals surface area (Å²) in [7, 11) is -2.57. The van der Waals surface area contributed by atoms with Crippen LogP contribution < -0.4 is 10.4 Å². The van der Waals surface area contributed by atoms with Crippen LogP contribution in [0.25, 0.3) is 10.9 Å². The van der Waals surface area contributed by atoms with Crippen LogP contribution in [-0.4, -0.2) is 29.8 Å². The van der Waals surface area contributed by atoms with E-state index in [4.69, 9.17) is 9.52 Å². The first kappa shape index (κ1) is 24.9. The molecule has 4 rings (SSSR count). The Morgan fingerprint density at radius 3 is 2.09 bits per heavy atom. The molecule has 178 valence electrons. The predicted molar refractivity (Wildman–Crippen MR) is 146 cm³/mol. The lowest BCUT2D eigenvalue weighted by atomic mass is 10.2. The number of benzene rings is 3. The van der Waals surface area contributed by atoms with Crippen molar-refractivity contribution in [3.8, 4) is 0 Å². The van der Waals surface area contributed by atoms with E-state index in [0.29, 0.717) is 18.8 Å². The van der Waals surface area contributed by atoms with Gasteiger partial charge < -0.3 is 9.53 Å². The van der Waals surface area contributed by atoms with Crippen molar-refractivity contribution in [2.45, 2.75) is 45.9 Å². The molecule has 0 amide bonds. The molecule has 4 nitrogen and oxygen atoms in total. The van der Waals surface area contributed by atoms with Gasteiger partial charge in [0.15, 0.2) is 0 Å². The lowest BCUT2D eigenvalue weighted by Crippen LogP contribution is -2.66. The third-order valence-electron chi connectivity index (χ3n) is 6.43. The van der Waals surface area contributed by atoms with Gasteiger partial charge in [-0.2, -0.15) is 5.10 Å². The summed E-state index contributed by atoms with van der Waals surface area (Å²) in [4.78, 5) is 0. The van der Waals surface area contributed by atoms with Gasteiger partial charge >= 0.3 is 0 Å². The molecule has 4 aromatic rings. The molecule has 0 bridgehead atoms. The topological polar surface area (TPSA) is 47.3 Å². The smallest absolute Gasteiger partial charge is 0.261 e. The first-order chi connectivity index (χ1) is 16.3.